The molecule has 8 heteroatoms. The lowest BCUT2D eigenvalue weighted by molar-refractivity contribution is 0.0846. The number of rotatable bonds is 2. The largest absolute Gasteiger partial charge is 0.298 e. The molecule has 0 unspecified atom stereocenters. The van der Waals surface area contributed by atoms with E-state index < -0.39 is 11.8 Å². The lowest BCUT2D eigenvalue weighted by Crippen LogP contribution is -2.41. The fourth-order valence-corrected chi connectivity index (χ4v) is 1.95. The molecule has 2 aromatic rings. The van der Waals surface area contributed by atoms with Gasteiger partial charge in [-0.25, -0.2) is 9.97 Å². The van der Waals surface area contributed by atoms with Gasteiger partial charge in [-0.3, -0.25) is 20.4 Å². The molecule has 0 aromatic carbocycles. The van der Waals surface area contributed by atoms with Gasteiger partial charge in [0.1, 0.15) is 0 Å². The summed E-state index contributed by atoms with van der Waals surface area (Å²) in [4.78, 5) is 30.4. The Kier molecular flexibility index (Phi) is 3.22. The maximum atomic E-state index is 11.4. The monoisotopic (exact) mass is 254 g/mol. The summed E-state index contributed by atoms with van der Waals surface area (Å²) in [6.07, 6.45) is 3.03. The smallest absolute Gasteiger partial charge is 0.265 e. The first-order valence-electron chi connectivity index (χ1n) is 4.17. The third kappa shape index (κ3) is 2.41. The SMILES string of the molecule is O=C(NNC(=O)c1nccs1)c1nccs1. The van der Waals surface area contributed by atoms with E-state index in [2.05, 4.69) is 20.8 Å². The molecular weight excluding hydrogens is 248 g/mol. The minimum atomic E-state index is -0.445. The molecule has 0 saturated heterocycles. The summed E-state index contributed by atoms with van der Waals surface area (Å²) < 4.78 is 0. The van der Waals surface area contributed by atoms with E-state index in [0.29, 0.717) is 10.0 Å². The van der Waals surface area contributed by atoms with Crippen molar-refractivity contribution in [3.05, 3.63) is 33.2 Å². The predicted octanol–water partition coefficient (Wildman–Crippen LogP) is 0.674. The van der Waals surface area contributed by atoms with Crippen LogP contribution in [-0.4, -0.2) is 21.8 Å². The maximum Gasteiger partial charge on any atom is 0.298 e. The summed E-state index contributed by atoms with van der Waals surface area (Å²) in [7, 11) is 0. The Hall–Kier alpha value is -1.80. The first-order chi connectivity index (χ1) is 7.77. The van der Waals surface area contributed by atoms with Crippen LogP contribution in [0.3, 0.4) is 0 Å². The molecule has 0 aliphatic carbocycles. The number of aromatic nitrogens is 2. The number of amides is 2. The molecule has 0 saturated carbocycles. The Balaban J connectivity index is 1.89. The van der Waals surface area contributed by atoms with Gasteiger partial charge < -0.3 is 0 Å². The molecule has 0 aliphatic heterocycles. The second-order valence-corrected chi connectivity index (χ2v) is 4.37. The van der Waals surface area contributed by atoms with Crippen molar-refractivity contribution in [3.8, 4) is 0 Å². The Morgan fingerprint density at radius 1 is 0.938 bits per heavy atom. The van der Waals surface area contributed by atoms with E-state index in [9.17, 15) is 9.59 Å². The van der Waals surface area contributed by atoms with Crippen molar-refractivity contribution in [3.63, 3.8) is 0 Å². The number of nitrogens with zero attached hydrogens (tertiary/aromatic N) is 2. The molecule has 16 heavy (non-hydrogen) atoms. The predicted molar refractivity (Wildman–Crippen MR) is 59.2 cm³/mol. The van der Waals surface area contributed by atoms with Crippen molar-refractivity contribution < 1.29 is 9.59 Å². The summed E-state index contributed by atoms with van der Waals surface area (Å²) in [5, 5.41) is 3.94. The second-order valence-electron chi connectivity index (χ2n) is 2.58. The lowest BCUT2D eigenvalue weighted by Gasteiger charge is -2.02. The molecule has 2 aromatic heterocycles. The van der Waals surface area contributed by atoms with Crippen LogP contribution in [0.15, 0.2) is 23.2 Å². The highest BCUT2D eigenvalue weighted by Crippen LogP contribution is 2.04. The standard InChI is InChI=1S/C8H6N4O2S2/c13-5(7-9-1-3-15-7)11-12-6(14)8-10-2-4-16-8/h1-4H,(H,11,13)(H,12,14). The molecule has 0 bridgehead atoms. The van der Waals surface area contributed by atoms with Crippen molar-refractivity contribution in [2.45, 2.75) is 0 Å². The molecular formula is C8H6N4O2S2. The lowest BCUT2D eigenvalue weighted by atomic mass is 10.6. The van der Waals surface area contributed by atoms with E-state index in [-0.39, 0.29) is 0 Å². The quantitative estimate of drug-likeness (QED) is 0.772. The fraction of sp³-hybridized carbons (Fsp3) is 0. The highest BCUT2D eigenvalue weighted by molar-refractivity contribution is 7.12. The van der Waals surface area contributed by atoms with Gasteiger partial charge in [-0.15, -0.1) is 22.7 Å². The van der Waals surface area contributed by atoms with Gasteiger partial charge in [0.25, 0.3) is 11.8 Å². The van der Waals surface area contributed by atoms with E-state index in [1.54, 1.807) is 10.8 Å². The van der Waals surface area contributed by atoms with Gasteiger partial charge in [0.05, 0.1) is 0 Å². The molecule has 2 heterocycles. The van der Waals surface area contributed by atoms with E-state index in [1.807, 2.05) is 0 Å². The van der Waals surface area contributed by atoms with Crippen LogP contribution in [0.2, 0.25) is 0 Å². The van der Waals surface area contributed by atoms with Crippen LogP contribution in [0.25, 0.3) is 0 Å². The van der Waals surface area contributed by atoms with E-state index in [0.717, 1.165) is 0 Å². The topological polar surface area (TPSA) is 84.0 Å². The minimum Gasteiger partial charge on any atom is -0.265 e. The molecule has 2 amide bonds. The number of hydrazine groups is 1. The van der Waals surface area contributed by atoms with Gasteiger partial charge in [-0.05, 0) is 0 Å². The van der Waals surface area contributed by atoms with Crippen molar-refractivity contribution >= 4 is 34.5 Å². The maximum absolute atomic E-state index is 11.4. The third-order valence-corrected chi connectivity index (χ3v) is 3.09. The molecule has 6 nitrogen and oxygen atoms in total. The molecule has 2 rings (SSSR count). The Morgan fingerprint density at radius 2 is 1.38 bits per heavy atom. The summed E-state index contributed by atoms with van der Waals surface area (Å²) in [5.41, 5.74) is 4.50. The van der Waals surface area contributed by atoms with E-state index >= 15 is 0 Å². The molecule has 2 N–H and O–H groups in total. The normalized spacial score (nSPS) is 9.75. The molecule has 0 atom stereocenters. The number of thiazole rings is 2. The van der Waals surface area contributed by atoms with Crippen molar-refractivity contribution in [2.24, 2.45) is 0 Å². The summed E-state index contributed by atoms with van der Waals surface area (Å²) >= 11 is 2.39. The third-order valence-electron chi connectivity index (χ3n) is 1.54. The Morgan fingerprint density at radius 3 is 1.69 bits per heavy atom. The van der Waals surface area contributed by atoms with Gasteiger partial charge >= 0.3 is 0 Å². The summed E-state index contributed by atoms with van der Waals surface area (Å²) in [5.74, 6) is -0.889. The van der Waals surface area contributed by atoms with Gasteiger partial charge in [-0.1, -0.05) is 0 Å². The van der Waals surface area contributed by atoms with Crippen LogP contribution in [0.4, 0.5) is 0 Å². The summed E-state index contributed by atoms with van der Waals surface area (Å²) in [6.45, 7) is 0. The average Bonchev–Trinajstić information content (AvgIpc) is 2.95. The van der Waals surface area contributed by atoms with Gasteiger partial charge in [-0.2, -0.15) is 0 Å². The zero-order valence-corrected chi connectivity index (χ0v) is 9.47. The fourth-order valence-electron chi connectivity index (χ4n) is 0.892. The van der Waals surface area contributed by atoms with Gasteiger partial charge in [0.15, 0.2) is 10.0 Å². The molecule has 0 aliphatic rings. The number of carbonyl (C=O) groups excluding carboxylic acids is 2. The van der Waals surface area contributed by atoms with E-state index in [4.69, 9.17) is 0 Å². The van der Waals surface area contributed by atoms with Gasteiger partial charge in [0, 0.05) is 23.2 Å². The van der Waals surface area contributed by atoms with Crippen molar-refractivity contribution in [1.29, 1.82) is 0 Å². The minimum absolute atomic E-state index is 0.291. The van der Waals surface area contributed by atoms with E-state index in [1.165, 1.54) is 35.1 Å². The van der Waals surface area contributed by atoms with Crippen LogP contribution in [0.5, 0.6) is 0 Å². The molecule has 0 spiro atoms. The first kappa shape index (κ1) is 10.7. The van der Waals surface area contributed by atoms with Crippen LogP contribution in [-0.2, 0) is 0 Å². The zero-order chi connectivity index (χ0) is 11.4. The van der Waals surface area contributed by atoms with Crippen LogP contribution >= 0.6 is 22.7 Å². The zero-order valence-electron chi connectivity index (χ0n) is 7.84. The molecule has 0 radical (unpaired) electrons. The van der Waals surface area contributed by atoms with Gasteiger partial charge in [0.2, 0.25) is 0 Å². The van der Waals surface area contributed by atoms with Crippen LogP contribution in [0.1, 0.15) is 19.6 Å². The summed E-state index contributed by atoms with van der Waals surface area (Å²) in [6, 6.07) is 0. The Bertz CT molecular complexity index is 434. The highest BCUT2D eigenvalue weighted by Gasteiger charge is 2.11. The van der Waals surface area contributed by atoms with Crippen molar-refractivity contribution in [2.75, 3.05) is 0 Å². The van der Waals surface area contributed by atoms with Crippen molar-refractivity contribution in [1.82, 2.24) is 20.8 Å². The number of hydrogen-bond donors (Lipinski definition) is 2. The first-order valence-corrected chi connectivity index (χ1v) is 5.93. The van der Waals surface area contributed by atoms with Crippen LogP contribution < -0.4 is 10.9 Å². The number of nitrogens with one attached hydrogen (secondary N) is 2. The second kappa shape index (κ2) is 4.81. The highest BCUT2D eigenvalue weighted by atomic mass is 32.1. The molecule has 0 fully saturated rings. The van der Waals surface area contributed by atoms with Crippen LogP contribution in [0, 0.1) is 0 Å². The Labute approximate surface area is 98.3 Å². The number of carbonyl (C=O) groups is 2. The average molecular weight is 254 g/mol. The molecule has 82 valence electrons. The number of hydrogen-bond acceptors (Lipinski definition) is 6.